The van der Waals surface area contributed by atoms with Gasteiger partial charge in [0.1, 0.15) is 0 Å². The number of hydrogen-bond acceptors (Lipinski definition) is 3. The van der Waals surface area contributed by atoms with Crippen LogP contribution in [0.1, 0.15) is 0 Å². The molecule has 0 atom stereocenters. The summed E-state index contributed by atoms with van der Waals surface area (Å²) in [5, 5.41) is 0. The van der Waals surface area contributed by atoms with Crippen molar-refractivity contribution in [2.24, 2.45) is 5.73 Å². The molecule has 3 heteroatoms. The molecule has 0 saturated carbocycles. The van der Waals surface area contributed by atoms with Gasteiger partial charge in [-0.1, -0.05) is 11.8 Å². The maximum Gasteiger partial charge on any atom is 0.176 e. The Morgan fingerprint density at radius 2 is 2.50 bits per heavy atom. The van der Waals surface area contributed by atoms with Gasteiger partial charge in [0.05, 0.1) is 0 Å². The molecule has 2 N–H and O–H groups in total. The van der Waals surface area contributed by atoms with E-state index in [0.717, 1.165) is 11.4 Å². The van der Waals surface area contributed by atoms with Gasteiger partial charge in [-0.3, -0.25) is 4.79 Å². The van der Waals surface area contributed by atoms with E-state index in [-0.39, 0.29) is 0 Å². The molecule has 36 valence electrons. The van der Waals surface area contributed by atoms with Gasteiger partial charge < -0.3 is 5.73 Å². The zero-order chi connectivity index (χ0) is 4.83. The highest BCUT2D eigenvalue weighted by molar-refractivity contribution is 8.11. The molecule has 0 unspecified atom stereocenters. The number of nitrogens with two attached hydrogens (primary N) is 1. The van der Waals surface area contributed by atoms with Crippen molar-refractivity contribution < 1.29 is 4.79 Å². The van der Waals surface area contributed by atoms with Crippen molar-refractivity contribution in [2.75, 3.05) is 12.3 Å². The molecule has 0 amide bonds. The van der Waals surface area contributed by atoms with E-state index in [9.17, 15) is 4.79 Å². The van der Waals surface area contributed by atoms with E-state index in [1.165, 1.54) is 11.8 Å². The van der Waals surface area contributed by atoms with Gasteiger partial charge in [-0.15, -0.1) is 0 Å². The maximum atomic E-state index is 9.47. The van der Waals surface area contributed by atoms with E-state index in [2.05, 4.69) is 0 Å². The molecule has 0 rings (SSSR count). The van der Waals surface area contributed by atoms with Crippen molar-refractivity contribution in [2.45, 2.75) is 0 Å². The normalized spacial score (nSPS) is 8.17. The van der Waals surface area contributed by atoms with E-state index >= 15 is 0 Å². The largest absolute Gasteiger partial charge is 0.330 e. The van der Waals surface area contributed by atoms with E-state index in [1.807, 2.05) is 0 Å². The molecule has 0 radical (unpaired) electrons. The van der Waals surface area contributed by atoms with Gasteiger partial charge in [0.2, 0.25) is 0 Å². The van der Waals surface area contributed by atoms with Crippen LogP contribution in [0.3, 0.4) is 0 Å². The third kappa shape index (κ3) is 3.98. The highest BCUT2D eigenvalue weighted by Gasteiger charge is 1.74. The van der Waals surface area contributed by atoms with Crippen molar-refractivity contribution in [1.29, 1.82) is 0 Å². The summed E-state index contributed by atoms with van der Waals surface area (Å²) in [5.74, 6) is 0.740. The summed E-state index contributed by atoms with van der Waals surface area (Å²) in [7, 11) is 0. The van der Waals surface area contributed by atoms with Crippen molar-refractivity contribution in [3.63, 3.8) is 0 Å². The van der Waals surface area contributed by atoms with Crippen LogP contribution < -0.4 is 5.73 Å². The van der Waals surface area contributed by atoms with Crippen LogP contribution in [0.5, 0.6) is 0 Å². The van der Waals surface area contributed by atoms with E-state index in [4.69, 9.17) is 5.73 Å². The molecule has 0 aromatic heterocycles. The molecule has 0 aromatic rings. The SMILES string of the molecule is NCCSC=O. The fourth-order valence-electron chi connectivity index (χ4n) is 0.116. The molecule has 0 fully saturated rings. The predicted octanol–water partition coefficient (Wildman–Crippen LogP) is -0.131. The second-order valence-corrected chi connectivity index (χ2v) is 1.69. The van der Waals surface area contributed by atoms with E-state index < -0.39 is 0 Å². The molecule has 0 aliphatic heterocycles. The van der Waals surface area contributed by atoms with Crippen LogP contribution in [0, 0.1) is 0 Å². The highest BCUT2D eigenvalue weighted by Crippen LogP contribution is 1.86. The molecule has 0 aromatic carbocycles. The average molecular weight is 105 g/mol. The highest BCUT2D eigenvalue weighted by atomic mass is 32.2. The van der Waals surface area contributed by atoms with E-state index in [0.29, 0.717) is 6.54 Å². The summed E-state index contributed by atoms with van der Waals surface area (Å²) in [4.78, 5) is 9.47. The van der Waals surface area contributed by atoms with Crippen LogP contribution in [0.4, 0.5) is 0 Å². The predicted molar refractivity (Wildman–Crippen MR) is 28.3 cm³/mol. The molecular formula is C3H7NOS. The van der Waals surface area contributed by atoms with Gasteiger partial charge >= 0.3 is 0 Å². The third-order valence-electron chi connectivity index (χ3n) is 0.304. The zero-order valence-electron chi connectivity index (χ0n) is 3.39. The van der Waals surface area contributed by atoms with Gasteiger partial charge in [-0.2, -0.15) is 0 Å². The molecule has 0 heterocycles. The Kier molecular flexibility index (Phi) is 4.96. The second kappa shape index (κ2) is 4.98. The molecule has 0 bridgehead atoms. The maximum absolute atomic E-state index is 9.47. The first-order valence-electron chi connectivity index (χ1n) is 1.67. The van der Waals surface area contributed by atoms with Gasteiger partial charge in [0.25, 0.3) is 0 Å². The Morgan fingerprint density at radius 3 is 2.67 bits per heavy atom. The molecule has 0 aliphatic carbocycles. The Bertz CT molecular complexity index is 39.8. The van der Waals surface area contributed by atoms with Crippen molar-refractivity contribution in [3.8, 4) is 0 Å². The minimum atomic E-state index is 0.587. The summed E-state index contributed by atoms with van der Waals surface area (Å²) in [5.41, 5.74) is 5.83. The van der Waals surface area contributed by atoms with Crippen LogP contribution in [-0.4, -0.2) is 17.9 Å². The average Bonchev–Trinajstić information content (AvgIpc) is 1.61. The summed E-state index contributed by atoms with van der Waals surface area (Å²) < 4.78 is 0. The Morgan fingerprint density at radius 1 is 1.83 bits per heavy atom. The smallest absolute Gasteiger partial charge is 0.176 e. The van der Waals surface area contributed by atoms with E-state index in [1.54, 1.807) is 0 Å². The van der Waals surface area contributed by atoms with Gasteiger partial charge in [-0.25, -0.2) is 0 Å². The quantitative estimate of drug-likeness (QED) is 0.401. The van der Waals surface area contributed by atoms with Crippen LogP contribution in [0.25, 0.3) is 0 Å². The van der Waals surface area contributed by atoms with Crippen molar-refractivity contribution in [3.05, 3.63) is 0 Å². The van der Waals surface area contributed by atoms with Crippen molar-refractivity contribution >= 4 is 17.4 Å². The van der Waals surface area contributed by atoms with Gasteiger partial charge in [0.15, 0.2) is 5.62 Å². The Labute approximate surface area is 41.1 Å². The van der Waals surface area contributed by atoms with Crippen LogP contribution in [0.15, 0.2) is 0 Å². The number of carbonyl (C=O) groups excluding carboxylic acids is 1. The lowest BCUT2D eigenvalue weighted by Crippen LogP contribution is -2.00. The Hall–Kier alpha value is -0.0200. The second-order valence-electron chi connectivity index (χ2n) is 0.756. The summed E-state index contributed by atoms with van der Waals surface area (Å²) in [6, 6.07) is 0. The first-order chi connectivity index (χ1) is 2.91. The topological polar surface area (TPSA) is 43.1 Å². The van der Waals surface area contributed by atoms with Gasteiger partial charge in [0, 0.05) is 12.3 Å². The molecule has 0 aliphatic rings. The number of hydrogen-bond donors (Lipinski definition) is 1. The lowest BCUT2D eigenvalue weighted by atomic mass is 10.8. The lowest BCUT2D eigenvalue weighted by Gasteiger charge is -1.80. The molecule has 0 saturated heterocycles. The number of rotatable bonds is 3. The standard InChI is InChI=1S/C3H7NOS/c4-1-2-6-3-5/h3H,1-2,4H2. The number of carbonyl (C=O) groups is 1. The Balaban J connectivity index is 2.49. The van der Waals surface area contributed by atoms with Gasteiger partial charge in [-0.05, 0) is 0 Å². The first-order valence-corrected chi connectivity index (χ1v) is 2.72. The molecular weight excluding hydrogens is 98.1 g/mol. The number of thioether (sulfide) groups is 1. The fraction of sp³-hybridized carbons (Fsp3) is 0.667. The summed E-state index contributed by atoms with van der Waals surface area (Å²) in [6.45, 7) is 0.587. The minimum absolute atomic E-state index is 0.587. The van der Waals surface area contributed by atoms with Crippen LogP contribution >= 0.6 is 11.8 Å². The molecule has 6 heavy (non-hydrogen) atoms. The van der Waals surface area contributed by atoms with Crippen LogP contribution in [0.2, 0.25) is 0 Å². The summed E-state index contributed by atoms with van der Waals surface area (Å²) >= 11 is 1.20. The zero-order valence-corrected chi connectivity index (χ0v) is 4.20. The fourth-order valence-corrected chi connectivity index (χ4v) is 0.348. The summed E-state index contributed by atoms with van der Waals surface area (Å²) in [6.07, 6.45) is 0. The lowest BCUT2D eigenvalue weighted by molar-refractivity contribution is 0.570. The monoisotopic (exact) mass is 105 g/mol. The third-order valence-corrected chi connectivity index (χ3v) is 0.911. The molecule has 0 spiro atoms. The first kappa shape index (κ1) is 5.98. The molecule has 2 nitrogen and oxygen atoms in total. The van der Waals surface area contributed by atoms with Crippen molar-refractivity contribution in [1.82, 2.24) is 0 Å². The van der Waals surface area contributed by atoms with Crippen LogP contribution in [-0.2, 0) is 4.79 Å². The minimum Gasteiger partial charge on any atom is -0.330 e.